The maximum Gasteiger partial charge on any atom is -0.00474 e. The van der Waals surface area contributed by atoms with Crippen molar-refractivity contribution in [3.63, 3.8) is 0 Å². The topological polar surface area (TPSA) is 55.3 Å². The van der Waals surface area contributed by atoms with Gasteiger partial charge in [0.2, 0.25) is 0 Å². The second-order valence-electron chi connectivity index (χ2n) is 2.55. The van der Waals surface area contributed by atoms with Gasteiger partial charge < -0.3 is 16.4 Å². The second-order valence-corrected chi connectivity index (χ2v) is 2.55. The molecule has 76 valence electrons. The van der Waals surface area contributed by atoms with Gasteiger partial charge in [-0.15, -0.1) is 0 Å². The van der Waals surface area contributed by atoms with E-state index in [4.69, 9.17) is 11.5 Å². The monoisotopic (exact) mass is 175 g/mol. The Balaban J connectivity index is 0. The molecule has 0 amide bonds. The van der Waals surface area contributed by atoms with Gasteiger partial charge in [0.25, 0.3) is 0 Å². The molecule has 3 heteroatoms. The molecule has 0 radical (unpaired) electrons. The highest BCUT2D eigenvalue weighted by Gasteiger charge is 1.89. The third-order valence-corrected chi connectivity index (χ3v) is 1.75. The van der Waals surface area contributed by atoms with Crippen molar-refractivity contribution >= 4 is 0 Å². The van der Waals surface area contributed by atoms with Gasteiger partial charge in [-0.05, 0) is 39.1 Å². The normalized spacial score (nSPS) is 9.50. The number of hydrogen-bond acceptors (Lipinski definition) is 3. The van der Waals surface area contributed by atoms with E-state index < -0.39 is 0 Å². The predicted molar refractivity (Wildman–Crippen MR) is 56.2 cm³/mol. The van der Waals surface area contributed by atoms with Crippen LogP contribution in [0.25, 0.3) is 0 Å². The van der Waals surface area contributed by atoms with E-state index in [0.717, 1.165) is 19.5 Å². The van der Waals surface area contributed by atoms with Gasteiger partial charge in [-0.1, -0.05) is 20.8 Å². The van der Waals surface area contributed by atoms with Crippen molar-refractivity contribution in [1.29, 1.82) is 0 Å². The third kappa shape index (κ3) is 12.5. The Labute approximate surface area is 77.1 Å². The number of hydrogen-bond donors (Lipinski definition) is 2. The zero-order valence-electron chi connectivity index (χ0n) is 8.84. The lowest BCUT2D eigenvalue weighted by Crippen LogP contribution is -2.21. The summed E-state index contributed by atoms with van der Waals surface area (Å²) in [5.74, 6) is 0. The van der Waals surface area contributed by atoms with E-state index in [9.17, 15) is 0 Å². The molecule has 0 heterocycles. The summed E-state index contributed by atoms with van der Waals surface area (Å²) < 4.78 is 0. The molecule has 0 aliphatic heterocycles. The zero-order chi connectivity index (χ0) is 9.82. The van der Waals surface area contributed by atoms with Gasteiger partial charge in [0, 0.05) is 0 Å². The highest BCUT2D eigenvalue weighted by atomic mass is 15.1. The first-order chi connectivity index (χ1) is 5.76. The number of nitrogens with two attached hydrogens (primary N) is 2. The van der Waals surface area contributed by atoms with Crippen molar-refractivity contribution in [2.75, 3.05) is 32.7 Å². The number of nitrogens with zero attached hydrogens (tertiary/aromatic N) is 1. The van der Waals surface area contributed by atoms with E-state index in [0.29, 0.717) is 0 Å². The third-order valence-electron chi connectivity index (χ3n) is 1.75. The molecule has 0 aromatic carbocycles. The van der Waals surface area contributed by atoms with Gasteiger partial charge in [-0.3, -0.25) is 0 Å². The summed E-state index contributed by atoms with van der Waals surface area (Å²) in [5.41, 5.74) is 10.1. The SMILES string of the molecule is CCN(CC)CC.NCCCN. The van der Waals surface area contributed by atoms with Gasteiger partial charge in [0.1, 0.15) is 0 Å². The lowest BCUT2D eigenvalue weighted by Gasteiger charge is -2.13. The van der Waals surface area contributed by atoms with Crippen LogP contribution in [0.15, 0.2) is 0 Å². The van der Waals surface area contributed by atoms with Crippen LogP contribution in [0.5, 0.6) is 0 Å². The Bertz CT molecular complexity index is 55.3. The van der Waals surface area contributed by atoms with Crippen LogP contribution in [0.3, 0.4) is 0 Å². The fraction of sp³-hybridized carbons (Fsp3) is 1.00. The lowest BCUT2D eigenvalue weighted by atomic mass is 10.4. The lowest BCUT2D eigenvalue weighted by molar-refractivity contribution is 0.321. The molecule has 0 aromatic rings. The summed E-state index contributed by atoms with van der Waals surface area (Å²) in [6.45, 7) is 11.6. The summed E-state index contributed by atoms with van der Waals surface area (Å²) in [5, 5.41) is 0. The summed E-state index contributed by atoms with van der Waals surface area (Å²) >= 11 is 0. The Hall–Kier alpha value is -0.120. The van der Waals surface area contributed by atoms with Crippen molar-refractivity contribution < 1.29 is 0 Å². The molecule has 0 saturated heterocycles. The van der Waals surface area contributed by atoms with Gasteiger partial charge in [0.15, 0.2) is 0 Å². The Morgan fingerprint density at radius 1 is 0.833 bits per heavy atom. The highest BCUT2D eigenvalue weighted by molar-refractivity contribution is 4.43. The molecule has 0 rings (SSSR count). The molecule has 0 bridgehead atoms. The largest absolute Gasteiger partial charge is 0.330 e. The summed E-state index contributed by atoms with van der Waals surface area (Å²) in [6, 6.07) is 0. The smallest absolute Gasteiger partial charge is 0.00474 e. The Morgan fingerprint density at radius 3 is 1.17 bits per heavy atom. The first-order valence-corrected chi connectivity index (χ1v) is 4.89. The fourth-order valence-electron chi connectivity index (χ4n) is 0.789. The maximum atomic E-state index is 5.06. The van der Waals surface area contributed by atoms with Crippen LogP contribution < -0.4 is 11.5 Å². The van der Waals surface area contributed by atoms with Crippen molar-refractivity contribution in [3.8, 4) is 0 Å². The summed E-state index contributed by atoms with van der Waals surface area (Å²) in [4.78, 5) is 2.38. The highest BCUT2D eigenvalue weighted by Crippen LogP contribution is 1.81. The van der Waals surface area contributed by atoms with Crippen molar-refractivity contribution in [1.82, 2.24) is 4.90 Å². The molecule has 0 spiro atoms. The molecule has 0 unspecified atom stereocenters. The fourth-order valence-corrected chi connectivity index (χ4v) is 0.789. The predicted octanol–water partition coefficient (Wildman–Crippen LogP) is 0.642. The molecule has 0 atom stereocenters. The van der Waals surface area contributed by atoms with Crippen molar-refractivity contribution in [3.05, 3.63) is 0 Å². The molecule has 4 N–H and O–H groups in total. The van der Waals surface area contributed by atoms with Gasteiger partial charge >= 0.3 is 0 Å². The molecule has 0 saturated carbocycles. The second kappa shape index (κ2) is 13.5. The average Bonchev–Trinajstić information content (AvgIpc) is 2.10. The molecule has 0 fully saturated rings. The van der Waals surface area contributed by atoms with E-state index in [1.807, 2.05) is 0 Å². The standard InChI is InChI=1S/C6H15N.C3H10N2/c1-4-7(5-2)6-3;4-2-1-3-5/h4-6H2,1-3H3;1-5H2. The van der Waals surface area contributed by atoms with Crippen LogP contribution in [-0.4, -0.2) is 37.6 Å². The van der Waals surface area contributed by atoms with Crippen LogP contribution in [-0.2, 0) is 0 Å². The van der Waals surface area contributed by atoms with Crippen molar-refractivity contribution in [2.24, 2.45) is 11.5 Å². The van der Waals surface area contributed by atoms with E-state index in [2.05, 4.69) is 25.7 Å². The van der Waals surface area contributed by atoms with E-state index in [-0.39, 0.29) is 0 Å². The quantitative estimate of drug-likeness (QED) is 0.645. The summed E-state index contributed by atoms with van der Waals surface area (Å²) in [6.07, 6.45) is 0.944. The minimum Gasteiger partial charge on any atom is -0.330 e. The maximum absolute atomic E-state index is 5.06. The van der Waals surface area contributed by atoms with E-state index in [1.165, 1.54) is 19.6 Å². The average molecular weight is 175 g/mol. The Kier molecular flexibility index (Phi) is 16.2. The summed E-state index contributed by atoms with van der Waals surface area (Å²) in [7, 11) is 0. The zero-order valence-corrected chi connectivity index (χ0v) is 8.84. The Morgan fingerprint density at radius 2 is 1.17 bits per heavy atom. The van der Waals surface area contributed by atoms with E-state index in [1.54, 1.807) is 0 Å². The van der Waals surface area contributed by atoms with Crippen LogP contribution in [0.2, 0.25) is 0 Å². The first kappa shape index (κ1) is 14.4. The first-order valence-electron chi connectivity index (χ1n) is 4.89. The molecule has 0 aliphatic rings. The van der Waals surface area contributed by atoms with Crippen LogP contribution in [0, 0.1) is 0 Å². The van der Waals surface area contributed by atoms with Crippen LogP contribution >= 0.6 is 0 Å². The molecule has 0 aromatic heterocycles. The van der Waals surface area contributed by atoms with Crippen molar-refractivity contribution in [2.45, 2.75) is 27.2 Å². The minimum absolute atomic E-state index is 0.719. The molecule has 0 aliphatic carbocycles. The molecular formula is C9H25N3. The molecule has 3 nitrogen and oxygen atoms in total. The number of rotatable bonds is 5. The van der Waals surface area contributed by atoms with E-state index >= 15 is 0 Å². The van der Waals surface area contributed by atoms with Gasteiger partial charge in [-0.25, -0.2) is 0 Å². The van der Waals surface area contributed by atoms with Gasteiger partial charge in [0.05, 0.1) is 0 Å². The molecule has 12 heavy (non-hydrogen) atoms. The van der Waals surface area contributed by atoms with Crippen LogP contribution in [0.4, 0.5) is 0 Å². The minimum atomic E-state index is 0.719. The van der Waals surface area contributed by atoms with Crippen LogP contribution in [0.1, 0.15) is 27.2 Å². The molecular weight excluding hydrogens is 150 g/mol. The van der Waals surface area contributed by atoms with Gasteiger partial charge in [-0.2, -0.15) is 0 Å².